The predicted molar refractivity (Wildman–Crippen MR) is 93.2 cm³/mol. The first-order valence-corrected chi connectivity index (χ1v) is 7.73. The number of nitrogens with zero attached hydrogens (tertiary/aromatic N) is 5. The zero-order valence-electron chi connectivity index (χ0n) is 12.5. The first-order valence-electron chi connectivity index (χ1n) is 7.36. The second-order valence-corrected chi connectivity index (χ2v) is 5.98. The van der Waals surface area contributed by atoms with E-state index in [0.29, 0.717) is 11.0 Å². The predicted octanol–water partition coefficient (Wildman–Crippen LogP) is 2.39. The van der Waals surface area contributed by atoms with Crippen molar-refractivity contribution in [3.05, 3.63) is 41.0 Å². The van der Waals surface area contributed by atoms with Crippen LogP contribution >= 0.6 is 11.6 Å². The number of halogens is 1. The first-order chi connectivity index (χ1) is 11.1. The molecule has 0 amide bonds. The van der Waals surface area contributed by atoms with Crippen LogP contribution in [0, 0.1) is 0 Å². The summed E-state index contributed by atoms with van der Waals surface area (Å²) in [4.78, 5) is 19.4. The smallest absolute Gasteiger partial charge is 0.154 e. The number of hydrogen-bond donors (Lipinski definition) is 1. The summed E-state index contributed by atoms with van der Waals surface area (Å²) in [6.45, 7) is 2.06. The minimum Gasteiger partial charge on any atom is -0.385 e. The van der Waals surface area contributed by atoms with Gasteiger partial charge in [0.1, 0.15) is 23.4 Å². The Balaban J connectivity index is 1.71. The molecule has 6 nitrogen and oxygen atoms in total. The van der Waals surface area contributed by atoms with Crippen LogP contribution in [0.15, 0.2) is 45.3 Å². The molecule has 2 aromatic rings. The lowest BCUT2D eigenvalue weighted by atomic mass is 10.1. The number of para-hydroxylation sites is 1. The Labute approximate surface area is 138 Å². The number of nitrogens with two attached hydrogens (primary N) is 1. The molecule has 116 valence electrons. The fourth-order valence-electron chi connectivity index (χ4n) is 2.98. The summed E-state index contributed by atoms with van der Waals surface area (Å²) in [6.07, 6.45) is 3.09. The molecule has 3 unspecified atom stereocenters. The number of benzene rings is 1. The molecule has 2 aliphatic rings. The van der Waals surface area contributed by atoms with E-state index in [4.69, 9.17) is 17.3 Å². The molecule has 1 aromatic heterocycles. The summed E-state index contributed by atoms with van der Waals surface area (Å²) in [5.74, 6) is 0.485. The fourth-order valence-corrected chi connectivity index (χ4v) is 3.28. The van der Waals surface area contributed by atoms with Gasteiger partial charge in [-0.15, -0.1) is 0 Å². The number of aromatic nitrogens is 1. The molecule has 4 rings (SSSR count). The SMILES string of the molecule is CC(c1cc2ccccc2nc1Cl)N1C=NC2C(N)=NC=NC21. The number of rotatable bonds is 2. The molecular formula is C16H15ClN6. The van der Waals surface area contributed by atoms with E-state index in [1.807, 2.05) is 29.2 Å². The largest absolute Gasteiger partial charge is 0.385 e. The molecule has 23 heavy (non-hydrogen) atoms. The van der Waals surface area contributed by atoms with E-state index in [1.165, 1.54) is 6.34 Å². The van der Waals surface area contributed by atoms with Crippen molar-refractivity contribution in [2.45, 2.75) is 25.2 Å². The third-order valence-corrected chi connectivity index (χ3v) is 4.58. The van der Waals surface area contributed by atoms with Crippen molar-refractivity contribution < 1.29 is 0 Å². The molecule has 0 spiro atoms. The van der Waals surface area contributed by atoms with Crippen molar-refractivity contribution in [3.63, 3.8) is 0 Å². The van der Waals surface area contributed by atoms with E-state index in [1.54, 1.807) is 6.34 Å². The van der Waals surface area contributed by atoms with Crippen LogP contribution in [0.5, 0.6) is 0 Å². The van der Waals surface area contributed by atoms with E-state index in [-0.39, 0.29) is 18.2 Å². The lowest BCUT2D eigenvalue weighted by molar-refractivity contribution is 0.277. The van der Waals surface area contributed by atoms with Crippen molar-refractivity contribution in [1.29, 1.82) is 0 Å². The molecule has 0 saturated heterocycles. The summed E-state index contributed by atoms with van der Waals surface area (Å²) in [7, 11) is 0. The molecule has 3 heterocycles. The normalized spacial score (nSPS) is 23.9. The zero-order valence-corrected chi connectivity index (χ0v) is 13.2. The third kappa shape index (κ3) is 2.26. The Hall–Kier alpha value is -2.47. The fraction of sp³-hybridized carbons (Fsp3) is 0.250. The number of hydrogen-bond acceptors (Lipinski definition) is 6. The Morgan fingerprint density at radius 2 is 2.09 bits per heavy atom. The van der Waals surface area contributed by atoms with Gasteiger partial charge < -0.3 is 10.6 Å². The number of pyridine rings is 1. The topological polar surface area (TPSA) is 79.2 Å². The van der Waals surface area contributed by atoms with Gasteiger partial charge in [0.15, 0.2) is 6.17 Å². The molecule has 0 bridgehead atoms. The van der Waals surface area contributed by atoms with Gasteiger partial charge in [-0.25, -0.2) is 15.0 Å². The van der Waals surface area contributed by atoms with Crippen molar-refractivity contribution >= 4 is 41.0 Å². The van der Waals surface area contributed by atoms with Gasteiger partial charge in [-0.2, -0.15) is 0 Å². The van der Waals surface area contributed by atoms with E-state index < -0.39 is 0 Å². The van der Waals surface area contributed by atoms with E-state index in [9.17, 15) is 0 Å². The Morgan fingerprint density at radius 3 is 2.96 bits per heavy atom. The zero-order chi connectivity index (χ0) is 16.0. The summed E-state index contributed by atoms with van der Waals surface area (Å²) in [5, 5.41) is 1.55. The molecule has 0 aliphatic carbocycles. The van der Waals surface area contributed by atoms with Gasteiger partial charge in [0.2, 0.25) is 0 Å². The van der Waals surface area contributed by atoms with Gasteiger partial charge in [0.25, 0.3) is 0 Å². The highest BCUT2D eigenvalue weighted by Crippen LogP contribution is 2.33. The average molecular weight is 327 g/mol. The molecule has 7 heteroatoms. The van der Waals surface area contributed by atoms with Gasteiger partial charge in [0.05, 0.1) is 17.9 Å². The molecule has 1 aromatic carbocycles. The maximum absolute atomic E-state index is 6.41. The number of fused-ring (bicyclic) bond motifs is 2. The quantitative estimate of drug-likeness (QED) is 0.860. The Morgan fingerprint density at radius 1 is 1.26 bits per heavy atom. The van der Waals surface area contributed by atoms with E-state index >= 15 is 0 Å². The highest BCUT2D eigenvalue weighted by atomic mass is 35.5. The lowest BCUT2D eigenvalue weighted by Gasteiger charge is -2.31. The second kappa shape index (κ2) is 5.31. The maximum Gasteiger partial charge on any atom is 0.154 e. The first kappa shape index (κ1) is 14.1. The van der Waals surface area contributed by atoms with Gasteiger partial charge >= 0.3 is 0 Å². The molecule has 2 aliphatic heterocycles. The van der Waals surface area contributed by atoms with Crippen LogP contribution in [0.4, 0.5) is 0 Å². The lowest BCUT2D eigenvalue weighted by Crippen LogP contribution is -2.44. The van der Waals surface area contributed by atoms with Crippen molar-refractivity contribution in [1.82, 2.24) is 9.88 Å². The Kier molecular flexibility index (Phi) is 3.27. The van der Waals surface area contributed by atoms with Crippen LogP contribution in [0.2, 0.25) is 5.15 Å². The van der Waals surface area contributed by atoms with E-state index in [0.717, 1.165) is 16.5 Å². The van der Waals surface area contributed by atoms with Crippen molar-refractivity contribution in [2.75, 3.05) is 0 Å². The number of aliphatic imine (C=N–C) groups is 3. The summed E-state index contributed by atoms with van der Waals surface area (Å²) in [5.41, 5.74) is 7.73. The monoisotopic (exact) mass is 326 g/mol. The average Bonchev–Trinajstić information content (AvgIpc) is 2.99. The van der Waals surface area contributed by atoms with Crippen LogP contribution in [-0.2, 0) is 0 Å². The van der Waals surface area contributed by atoms with Crippen LogP contribution < -0.4 is 5.73 Å². The molecule has 3 atom stereocenters. The van der Waals surface area contributed by atoms with Gasteiger partial charge in [0, 0.05) is 10.9 Å². The van der Waals surface area contributed by atoms with E-state index in [2.05, 4.69) is 33.0 Å². The molecule has 0 fully saturated rings. The minimum absolute atomic E-state index is 0.0265. The van der Waals surface area contributed by atoms with Crippen molar-refractivity contribution in [3.8, 4) is 0 Å². The molecule has 0 radical (unpaired) electrons. The van der Waals surface area contributed by atoms with Crippen LogP contribution in [-0.4, -0.2) is 40.6 Å². The summed E-state index contributed by atoms with van der Waals surface area (Å²) < 4.78 is 0. The Bertz CT molecular complexity index is 859. The van der Waals surface area contributed by atoms with Gasteiger partial charge in [-0.1, -0.05) is 29.8 Å². The number of amidine groups is 1. The standard InChI is InChI=1S/C16H15ClN6/c1-9(23-8-21-13-15(18)19-7-20-16(13)23)11-6-10-4-2-3-5-12(10)22-14(11)17/h2-9,13,16H,1H3,(H2,18,19,20). The van der Waals surface area contributed by atoms with Crippen LogP contribution in [0.25, 0.3) is 10.9 Å². The highest BCUT2D eigenvalue weighted by molar-refractivity contribution is 6.30. The minimum atomic E-state index is -0.227. The molecular weight excluding hydrogens is 312 g/mol. The van der Waals surface area contributed by atoms with Crippen LogP contribution in [0.3, 0.4) is 0 Å². The third-order valence-electron chi connectivity index (χ3n) is 4.28. The summed E-state index contributed by atoms with van der Waals surface area (Å²) in [6, 6.07) is 9.73. The molecule has 0 saturated carbocycles. The highest BCUT2D eigenvalue weighted by Gasteiger charge is 2.37. The summed E-state index contributed by atoms with van der Waals surface area (Å²) >= 11 is 6.41. The van der Waals surface area contributed by atoms with Crippen LogP contribution in [0.1, 0.15) is 18.5 Å². The molecule has 2 N–H and O–H groups in total. The van der Waals surface area contributed by atoms with Gasteiger partial charge in [-0.3, -0.25) is 4.99 Å². The van der Waals surface area contributed by atoms with Crippen molar-refractivity contribution in [2.24, 2.45) is 20.7 Å². The second-order valence-electron chi connectivity index (χ2n) is 5.63. The van der Waals surface area contributed by atoms with Gasteiger partial charge in [-0.05, 0) is 19.1 Å². The maximum atomic E-state index is 6.41.